The SMILES string of the molecule is CC(C)NC(=O)C(C)Sc1nnc(Cc2cccs2)n1C1CCCCC1. The van der Waals surface area contributed by atoms with E-state index in [-0.39, 0.29) is 17.2 Å². The second-order valence-electron chi connectivity index (χ2n) is 7.24. The van der Waals surface area contributed by atoms with Crippen LogP contribution in [0.3, 0.4) is 0 Å². The predicted molar refractivity (Wildman–Crippen MR) is 108 cm³/mol. The van der Waals surface area contributed by atoms with Gasteiger partial charge in [0.05, 0.1) is 5.25 Å². The molecule has 142 valence electrons. The quantitative estimate of drug-likeness (QED) is 0.708. The van der Waals surface area contributed by atoms with Crippen LogP contribution in [0.4, 0.5) is 0 Å². The van der Waals surface area contributed by atoms with Gasteiger partial charge in [-0.3, -0.25) is 4.79 Å². The largest absolute Gasteiger partial charge is 0.353 e. The van der Waals surface area contributed by atoms with Crippen molar-refractivity contribution in [3.63, 3.8) is 0 Å². The number of thioether (sulfide) groups is 1. The van der Waals surface area contributed by atoms with Gasteiger partial charge in [0.15, 0.2) is 5.16 Å². The first-order valence-electron chi connectivity index (χ1n) is 9.47. The molecule has 0 radical (unpaired) electrons. The molecule has 26 heavy (non-hydrogen) atoms. The third-order valence-corrected chi connectivity index (χ3v) is 6.60. The summed E-state index contributed by atoms with van der Waals surface area (Å²) in [5, 5.41) is 14.8. The van der Waals surface area contributed by atoms with E-state index in [2.05, 4.69) is 37.6 Å². The number of carbonyl (C=O) groups is 1. The number of nitrogens with one attached hydrogen (secondary N) is 1. The van der Waals surface area contributed by atoms with Gasteiger partial charge in [-0.15, -0.1) is 21.5 Å². The molecule has 1 amide bonds. The summed E-state index contributed by atoms with van der Waals surface area (Å²) in [6, 6.07) is 4.83. The smallest absolute Gasteiger partial charge is 0.233 e. The fourth-order valence-corrected chi connectivity index (χ4v) is 5.05. The average Bonchev–Trinajstić information content (AvgIpc) is 3.25. The van der Waals surface area contributed by atoms with Crippen LogP contribution in [-0.2, 0) is 11.2 Å². The van der Waals surface area contributed by atoms with Crippen molar-refractivity contribution >= 4 is 29.0 Å². The van der Waals surface area contributed by atoms with Gasteiger partial charge in [-0.2, -0.15) is 0 Å². The van der Waals surface area contributed by atoms with Gasteiger partial charge >= 0.3 is 0 Å². The molecular weight excluding hydrogens is 364 g/mol. The molecule has 1 saturated carbocycles. The number of hydrogen-bond donors (Lipinski definition) is 1. The number of amides is 1. The molecule has 1 unspecified atom stereocenters. The van der Waals surface area contributed by atoms with Crippen LogP contribution in [0.15, 0.2) is 22.7 Å². The second-order valence-corrected chi connectivity index (χ2v) is 9.58. The van der Waals surface area contributed by atoms with Crippen LogP contribution in [0.2, 0.25) is 0 Å². The average molecular weight is 393 g/mol. The Balaban J connectivity index is 1.81. The molecule has 3 rings (SSSR count). The van der Waals surface area contributed by atoms with E-state index in [0.717, 1.165) is 17.4 Å². The molecule has 1 aliphatic rings. The maximum atomic E-state index is 12.3. The summed E-state index contributed by atoms with van der Waals surface area (Å²) in [5.41, 5.74) is 0. The zero-order valence-electron chi connectivity index (χ0n) is 15.8. The van der Waals surface area contributed by atoms with Gasteiger partial charge in [-0.25, -0.2) is 0 Å². The van der Waals surface area contributed by atoms with Crippen molar-refractivity contribution in [1.29, 1.82) is 0 Å². The Morgan fingerprint density at radius 2 is 2.08 bits per heavy atom. The van der Waals surface area contributed by atoms with Crippen LogP contribution in [0.5, 0.6) is 0 Å². The van der Waals surface area contributed by atoms with Crippen molar-refractivity contribution in [2.75, 3.05) is 0 Å². The fourth-order valence-electron chi connectivity index (χ4n) is 3.40. The van der Waals surface area contributed by atoms with Gasteiger partial charge in [0.25, 0.3) is 0 Å². The highest BCUT2D eigenvalue weighted by Gasteiger charge is 2.26. The van der Waals surface area contributed by atoms with E-state index in [4.69, 9.17) is 0 Å². The monoisotopic (exact) mass is 392 g/mol. The molecule has 0 aliphatic heterocycles. The lowest BCUT2D eigenvalue weighted by atomic mass is 9.95. The Morgan fingerprint density at radius 3 is 2.73 bits per heavy atom. The predicted octanol–water partition coefficient (Wildman–Crippen LogP) is 4.44. The van der Waals surface area contributed by atoms with Crippen LogP contribution in [0, 0.1) is 0 Å². The van der Waals surface area contributed by atoms with Crippen molar-refractivity contribution in [3.8, 4) is 0 Å². The Kier molecular flexibility index (Phi) is 6.75. The van der Waals surface area contributed by atoms with E-state index in [1.807, 2.05) is 20.8 Å². The van der Waals surface area contributed by atoms with Crippen LogP contribution in [0.1, 0.15) is 69.6 Å². The third kappa shape index (κ3) is 4.88. The summed E-state index contributed by atoms with van der Waals surface area (Å²) >= 11 is 3.28. The number of rotatable bonds is 7. The van der Waals surface area contributed by atoms with Crippen LogP contribution in [-0.4, -0.2) is 32.0 Å². The van der Waals surface area contributed by atoms with Crippen molar-refractivity contribution in [1.82, 2.24) is 20.1 Å². The number of thiophene rings is 1. The van der Waals surface area contributed by atoms with Crippen LogP contribution in [0.25, 0.3) is 0 Å². The normalized spacial score (nSPS) is 16.8. The highest BCUT2D eigenvalue weighted by molar-refractivity contribution is 8.00. The molecule has 2 aromatic rings. The molecule has 0 bridgehead atoms. The highest BCUT2D eigenvalue weighted by Crippen LogP contribution is 2.34. The minimum atomic E-state index is -0.182. The Bertz CT molecular complexity index is 705. The van der Waals surface area contributed by atoms with Crippen LogP contribution < -0.4 is 5.32 Å². The lowest BCUT2D eigenvalue weighted by molar-refractivity contribution is -0.120. The minimum Gasteiger partial charge on any atom is -0.353 e. The molecule has 1 N–H and O–H groups in total. The number of carbonyl (C=O) groups excluding carboxylic acids is 1. The van der Waals surface area contributed by atoms with E-state index >= 15 is 0 Å². The number of hydrogen-bond acceptors (Lipinski definition) is 5. The lowest BCUT2D eigenvalue weighted by Gasteiger charge is -2.26. The highest BCUT2D eigenvalue weighted by atomic mass is 32.2. The Labute approximate surface area is 164 Å². The fraction of sp³-hybridized carbons (Fsp3) is 0.632. The van der Waals surface area contributed by atoms with Crippen LogP contribution >= 0.6 is 23.1 Å². The van der Waals surface area contributed by atoms with E-state index < -0.39 is 0 Å². The molecule has 1 fully saturated rings. The number of nitrogens with zero attached hydrogens (tertiary/aromatic N) is 3. The van der Waals surface area contributed by atoms with Gasteiger partial charge in [0.1, 0.15) is 5.82 Å². The van der Waals surface area contributed by atoms with E-state index in [1.54, 1.807) is 11.3 Å². The Hall–Kier alpha value is -1.34. The maximum absolute atomic E-state index is 12.3. The maximum Gasteiger partial charge on any atom is 0.233 e. The molecule has 5 nitrogen and oxygen atoms in total. The van der Waals surface area contributed by atoms with Crippen molar-refractivity contribution in [2.24, 2.45) is 0 Å². The summed E-state index contributed by atoms with van der Waals surface area (Å²) in [6.07, 6.45) is 7.00. The zero-order chi connectivity index (χ0) is 18.5. The molecule has 7 heteroatoms. The van der Waals surface area contributed by atoms with Gasteiger partial charge in [-0.1, -0.05) is 37.1 Å². The molecular formula is C19H28N4OS2. The summed E-state index contributed by atoms with van der Waals surface area (Å²) in [6.45, 7) is 5.92. The summed E-state index contributed by atoms with van der Waals surface area (Å²) in [4.78, 5) is 13.6. The molecule has 1 aliphatic carbocycles. The molecule has 1 atom stereocenters. The number of aromatic nitrogens is 3. The van der Waals surface area contributed by atoms with Crippen molar-refractivity contribution < 1.29 is 4.79 Å². The molecule has 0 spiro atoms. The van der Waals surface area contributed by atoms with Gasteiger partial charge < -0.3 is 9.88 Å². The Morgan fingerprint density at radius 1 is 1.31 bits per heavy atom. The lowest BCUT2D eigenvalue weighted by Crippen LogP contribution is -2.36. The first-order chi connectivity index (χ1) is 12.5. The van der Waals surface area contributed by atoms with Gasteiger partial charge in [0.2, 0.25) is 5.91 Å². The summed E-state index contributed by atoms with van der Waals surface area (Å²) < 4.78 is 2.32. The first kappa shape index (κ1) is 19.4. The third-order valence-electron chi connectivity index (χ3n) is 4.67. The van der Waals surface area contributed by atoms with E-state index in [9.17, 15) is 4.79 Å². The second kappa shape index (κ2) is 9.04. The summed E-state index contributed by atoms with van der Waals surface area (Å²) in [5.74, 6) is 1.08. The minimum absolute atomic E-state index is 0.0583. The molecule has 2 aromatic heterocycles. The van der Waals surface area contributed by atoms with E-state index in [0.29, 0.717) is 6.04 Å². The topological polar surface area (TPSA) is 59.8 Å². The molecule has 2 heterocycles. The van der Waals surface area contributed by atoms with Crippen molar-refractivity contribution in [2.45, 2.75) is 81.8 Å². The summed E-state index contributed by atoms with van der Waals surface area (Å²) in [7, 11) is 0. The van der Waals surface area contributed by atoms with E-state index in [1.165, 1.54) is 48.7 Å². The first-order valence-corrected chi connectivity index (χ1v) is 11.2. The standard InChI is InChI=1S/C19H28N4OS2/c1-13(2)20-18(24)14(3)26-19-22-21-17(12-16-10-7-11-25-16)23(19)15-8-5-4-6-9-15/h7,10-11,13-15H,4-6,8-9,12H2,1-3H3,(H,20,24). The van der Waals surface area contributed by atoms with Crippen molar-refractivity contribution in [3.05, 3.63) is 28.2 Å². The van der Waals surface area contributed by atoms with Gasteiger partial charge in [0, 0.05) is 23.4 Å². The molecule has 0 saturated heterocycles. The molecule has 0 aromatic carbocycles. The van der Waals surface area contributed by atoms with Gasteiger partial charge in [-0.05, 0) is 45.1 Å². The zero-order valence-corrected chi connectivity index (χ0v) is 17.4.